The third kappa shape index (κ3) is 3.86. The molecule has 2 aliphatic rings. The van der Waals surface area contributed by atoms with Crippen LogP contribution in [0.5, 0.6) is 0 Å². The second-order valence-corrected chi connectivity index (χ2v) is 6.88. The van der Waals surface area contributed by atoms with E-state index in [-0.39, 0.29) is 17.9 Å². The monoisotopic (exact) mass is 349 g/mol. The van der Waals surface area contributed by atoms with Gasteiger partial charge in [-0.2, -0.15) is 0 Å². The van der Waals surface area contributed by atoms with Crippen LogP contribution < -0.4 is 0 Å². The molecule has 1 aromatic heterocycles. The summed E-state index contributed by atoms with van der Waals surface area (Å²) in [6.07, 6.45) is 4.00. The molecule has 0 radical (unpaired) electrons. The van der Waals surface area contributed by atoms with Crippen LogP contribution in [0.3, 0.4) is 0 Å². The van der Waals surface area contributed by atoms with Crippen molar-refractivity contribution in [3.05, 3.63) is 17.5 Å². The van der Waals surface area contributed by atoms with Crippen LogP contribution >= 0.6 is 0 Å². The van der Waals surface area contributed by atoms with E-state index in [9.17, 15) is 9.59 Å². The van der Waals surface area contributed by atoms with Gasteiger partial charge in [0.05, 0.1) is 12.3 Å². The first-order chi connectivity index (χ1) is 12.1. The van der Waals surface area contributed by atoms with E-state index in [4.69, 9.17) is 9.26 Å². The van der Waals surface area contributed by atoms with Crippen molar-refractivity contribution in [1.82, 2.24) is 15.0 Å². The number of methoxy groups -OCH3 is 1. The van der Waals surface area contributed by atoms with Gasteiger partial charge >= 0.3 is 0 Å². The molecule has 2 saturated heterocycles. The summed E-state index contributed by atoms with van der Waals surface area (Å²) in [5.41, 5.74) is 0.795. The van der Waals surface area contributed by atoms with Crippen molar-refractivity contribution in [3.8, 4) is 0 Å². The number of carbonyl (C=O) groups excluding carboxylic acids is 2. The van der Waals surface area contributed by atoms with E-state index in [1.807, 2.05) is 16.7 Å². The maximum absolute atomic E-state index is 12.7. The number of hydrogen-bond acceptors (Lipinski definition) is 5. The number of carbonyl (C=O) groups is 2. The van der Waals surface area contributed by atoms with Gasteiger partial charge in [-0.15, -0.1) is 0 Å². The van der Waals surface area contributed by atoms with Gasteiger partial charge < -0.3 is 19.1 Å². The molecule has 3 heterocycles. The van der Waals surface area contributed by atoms with Crippen molar-refractivity contribution in [1.29, 1.82) is 0 Å². The number of piperidine rings is 1. The van der Waals surface area contributed by atoms with Gasteiger partial charge in [0.25, 0.3) is 5.91 Å². The molecule has 1 aromatic rings. The summed E-state index contributed by atoms with van der Waals surface area (Å²) in [6, 6.07) is 1.94. The lowest BCUT2D eigenvalue weighted by Gasteiger charge is -2.42. The summed E-state index contributed by atoms with van der Waals surface area (Å²) in [5.74, 6) is 0.752. The summed E-state index contributed by atoms with van der Waals surface area (Å²) in [4.78, 5) is 28.9. The van der Waals surface area contributed by atoms with Crippen molar-refractivity contribution in [2.24, 2.45) is 5.92 Å². The van der Waals surface area contributed by atoms with Crippen LogP contribution in [0.25, 0.3) is 0 Å². The molecule has 0 unspecified atom stereocenters. The number of ether oxygens (including phenoxy) is 1. The van der Waals surface area contributed by atoms with Gasteiger partial charge in [0.1, 0.15) is 0 Å². The number of nitrogens with zero attached hydrogens (tertiary/aromatic N) is 3. The van der Waals surface area contributed by atoms with Crippen LogP contribution in [0.2, 0.25) is 0 Å². The molecule has 2 amide bonds. The number of rotatable bonds is 5. The second-order valence-electron chi connectivity index (χ2n) is 6.88. The van der Waals surface area contributed by atoms with Crippen molar-refractivity contribution < 1.29 is 18.8 Å². The Bertz CT molecular complexity index is 615. The van der Waals surface area contributed by atoms with E-state index in [1.54, 1.807) is 13.2 Å². The van der Waals surface area contributed by atoms with Gasteiger partial charge in [-0.25, -0.2) is 0 Å². The second kappa shape index (κ2) is 7.99. The largest absolute Gasteiger partial charge is 0.383 e. The fourth-order valence-corrected chi connectivity index (χ4v) is 3.96. The Balaban J connectivity index is 1.69. The zero-order chi connectivity index (χ0) is 17.8. The lowest BCUT2D eigenvalue weighted by atomic mass is 9.88. The van der Waals surface area contributed by atoms with Crippen LogP contribution in [0.1, 0.15) is 48.9 Å². The Morgan fingerprint density at radius 3 is 3.00 bits per heavy atom. The standard InChI is InChI=1S/C18H27N3O4/c1-3-14-11-16(25-19-14)18(23)20-8-7-15-13(12-20)5-4-6-17(22)21(15)9-10-24-2/h11,13,15H,3-10,12H2,1-2H3/t13-,15+/m0/s1. The first-order valence-corrected chi connectivity index (χ1v) is 9.17. The Hall–Kier alpha value is -1.89. The smallest absolute Gasteiger partial charge is 0.292 e. The molecule has 25 heavy (non-hydrogen) atoms. The van der Waals surface area contributed by atoms with Gasteiger partial charge in [-0.3, -0.25) is 9.59 Å². The molecule has 0 saturated carbocycles. The van der Waals surface area contributed by atoms with Gasteiger partial charge in [0, 0.05) is 45.3 Å². The number of amides is 2. The van der Waals surface area contributed by atoms with Gasteiger partial charge in [-0.1, -0.05) is 12.1 Å². The van der Waals surface area contributed by atoms with Crippen molar-refractivity contribution >= 4 is 11.8 Å². The molecule has 0 N–H and O–H groups in total. The first-order valence-electron chi connectivity index (χ1n) is 9.17. The summed E-state index contributed by atoms with van der Waals surface area (Å²) in [7, 11) is 1.66. The molecule has 0 bridgehead atoms. The van der Waals surface area contributed by atoms with Gasteiger partial charge in [0.2, 0.25) is 11.7 Å². The molecule has 138 valence electrons. The highest BCUT2D eigenvalue weighted by atomic mass is 16.5. The highest BCUT2D eigenvalue weighted by Gasteiger charge is 2.39. The van der Waals surface area contributed by atoms with E-state index in [0.29, 0.717) is 44.3 Å². The molecule has 2 aliphatic heterocycles. The minimum absolute atomic E-state index is 0.0929. The predicted molar refractivity (Wildman–Crippen MR) is 91.1 cm³/mol. The minimum Gasteiger partial charge on any atom is -0.383 e. The molecule has 7 heteroatoms. The molecule has 7 nitrogen and oxygen atoms in total. The SMILES string of the molecule is CCc1cc(C(=O)N2CC[C@@H]3[C@@H](CCCC(=O)N3CCOC)C2)on1. The topological polar surface area (TPSA) is 75.9 Å². The van der Waals surface area contributed by atoms with E-state index >= 15 is 0 Å². The van der Waals surface area contributed by atoms with E-state index in [0.717, 1.165) is 31.4 Å². The van der Waals surface area contributed by atoms with Gasteiger partial charge in [0.15, 0.2) is 0 Å². The van der Waals surface area contributed by atoms with Crippen molar-refractivity contribution in [2.45, 2.75) is 45.1 Å². The van der Waals surface area contributed by atoms with Gasteiger partial charge in [-0.05, 0) is 31.6 Å². The van der Waals surface area contributed by atoms with Crippen molar-refractivity contribution in [3.63, 3.8) is 0 Å². The number of aryl methyl sites for hydroxylation is 1. The Morgan fingerprint density at radius 1 is 1.44 bits per heavy atom. The summed E-state index contributed by atoms with van der Waals surface area (Å²) in [5, 5.41) is 3.91. The summed E-state index contributed by atoms with van der Waals surface area (Å²) >= 11 is 0. The van der Waals surface area contributed by atoms with Crippen LogP contribution in [0.4, 0.5) is 0 Å². The average molecular weight is 349 g/mol. The normalized spacial score (nSPS) is 24.2. The average Bonchev–Trinajstić information content (AvgIpc) is 3.05. The molecular weight excluding hydrogens is 322 g/mol. The van der Waals surface area contributed by atoms with Crippen LogP contribution in [0, 0.1) is 5.92 Å². The molecule has 3 rings (SSSR count). The molecular formula is C18H27N3O4. The van der Waals surface area contributed by atoms with Crippen LogP contribution in [-0.2, 0) is 16.0 Å². The summed E-state index contributed by atoms with van der Waals surface area (Å²) < 4.78 is 10.4. The third-order valence-corrected chi connectivity index (χ3v) is 5.34. The van der Waals surface area contributed by atoms with E-state index < -0.39 is 0 Å². The highest BCUT2D eigenvalue weighted by Crippen LogP contribution is 2.31. The number of fused-ring (bicyclic) bond motifs is 1. The molecule has 2 atom stereocenters. The summed E-state index contributed by atoms with van der Waals surface area (Å²) in [6.45, 7) is 4.47. The Kier molecular flexibility index (Phi) is 5.73. The number of aromatic nitrogens is 1. The van der Waals surface area contributed by atoms with Crippen molar-refractivity contribution in [2.75, 3.05) is 33.4 Å². The number of hydrogen-bond donors (Lipinski definition) is 0. The zero-order valence-electron chi connectivity index (χ0n) is 15.1. The molecule has 0 aromatic carbocycles. The minimum atomic E-state index is -0.0929. The molecule has 0 spiro atoms. The maximum Gasteiger partial charge on any atom is 0.292 e. The first kappa shape index (κ1) is 17.9. The predicted octanol–water partition coefficient (Wildman–Crippen LogP) is 1.73. The zero-order valence-corrected chi connectivity index (χ0v) is 15.1. The molecule has 2 fully saturated rings. The van der Waals surface area contributed by atoms with E-state index in [2.05, 4.69) is 5.16 Å². The fourth-order valence-electron chi connectivity index (χ4n) is 3.96. The van der Waals surface area contributed by atoms with Crippen LogP contribution in [0.15, 0.2) is 10.6 Å². The third-order valence-electron chi connectivity index (χ3n) is 5.34. The molecule has 0 aliphatic carbocycles. The van der Waals surface area contributed by atoms with E-state index in [1.165, 1.54) is 0 Å². The highest BCUT2D eigenvalue weighted by molar-refractivity contribution is 5.91. The van der Waals surface area contributed by atoms with Crippen LogP contribution in [-0.4, -0.2) is 66.2 Å². The fraction of sp³-hybridized carbons (Fsp3) is 0.722. The Labute approximate surface area is 148 Å². The number of likely N-dealkylation sites (tertiary alicyclic amines) is 2. The lowest BCUT2D eigenvalue weighted by Crippen LogP contribution is -2.53. The quantitative estimate of drug-likeness (QED) is 0.809. The lowest BCUT2D eigenvalue weighted by molar-refractivity contribution is -0.135. The Morgan fingerprint density at radius 2 is 2.28 bits per heavy atom. The maximum atomic E-state index is 12.7.